The van der Waals surface area contributed by atoms with Gasteiger partial charge in [0.2, 0.25) is 15.2 Å². The number of nitrogens with zero attached hydrogens (tertiary/aromatic N) is 4. The van der Waals surface area contributed by atoms with Crippen LogP contribution in [0.5, 0.6) is 0 Å². The van der Waals surface area contributed by atoms with Gasteiger partial charge in [0.15, 0.2) is 0 Å². The summed E-state index contributed by atoms with van der Waals surface area (Å²) in [5.41, 5.74) is 0. The van der Waals surface area contributed by atoms with Crippen LogP contribution in [0, 0.1) is 0 Å². The average Bonchev–Trinajstić information content (AvgIpc) is 2.59. The molecule has 0 amide bonds. The van der Waals surface area contributed by atoms with Crippen molar-refractivity contribution in [2.24, 2.45) is 7.05 Å². The van der Waals surface area contributed by atoms with Crippen molar-refractivity contribution in [1.82, 2.24) is 24.9 Å². The largest absolute Gasteiger partial charge is 0.224 e. The standard InChI is InChI=1S/C6H13N5O2S2/c1-7-15(12,13)5-3-4-14-6-8-9-10-11(6)2/h7H,3-5H2,1-2H3. The van der Waals surface area contributed by atoms with Crippen LogP contribution < -0.4 is 4.72 Å². The average molecular weight is 251 g/mol. The Bertz CT molecular complexity index is 401. The number of rotatable bonds is 6. The Balaban J connectivity index is 2.26. The van der Waals surface area contributed by atoms with Crippen LogP contribution in [-0.4, -0.2) is 47.2 Å². The predicted molar refractivity (Wildman–Crippen MR) is 57.0 cm³/mol. The van der Waals surface area contributed by atoms with Crippen molar-refractivity contribution >= 4 is 21.8 Å². The van der Waals surface area contributed by atoms with Crippen LogP contribution in [0.3, 0.4) is 0 Å². The molecule has 1 aromatic heterocycles. The van der Waals surface area contributed by atoms with Gasteiger partial charge in [0, 0.05) is 12.8 Å². The van der Waals surface area contributed by atoms with Gasteiger partial charge in [-0.1, -0.05) is 11.8 Å². The van der Waals surface area contributed by atoms with Gasteiger partial charge in [-0.05, 0) is 23.9 Å². The van der Waals surface area contributed by atoms with Crippen molar-refractivity contribution in [2.75, 3.05) is 18.6 Å². The van der Waals surface area contributed by atoms with Crippen molar-refractivity contribution in [3.8, 4) is 0 Å². The Morgan fingerprint density at radius 2 is 2.27 bits per heavy atom. The van der Waals surface area contributed by atoms with Crippen LogP contribution in [0.2, 0.25) is 0 Å². The van der Waals surface area contributed by atoms with Gasteiger partial charge >= 0.3 is 0 Å². The molecule has 0 radical (unpaired) electrons. The highest BCUT2D eigenvalue weighted by atomic mass is 32.2. The Morgan fingerprint density at radius 1 is 1.53 bits per heavy atom. The first-order valence-electron chi connectivity index (χ1n) is 4.31. The van der Waals surface area contributed by atoms with Gasteiger partial charge in [0.1, 0.15) is 0 Å². The minimum Gasteiger partial charge on any atom is -0.224 e. The third-order valence-corrected chi connectivity index (χ3v) is 4.23. The Kier molecular flexibility index (Phi) is 4.48. The number of hydrogen-bond acceptors (Lipinski definition) is 6. The minimum atomic E-state index is -3.09. The van der Waals surface area contributed by atoms with Crippen LogP contribution >= 0.6 is 11.8 Å². The van der Waals surface area contributed by atoms with E-state index >= 15 is 0 Å². The van der Waals surface area contributed by atoms with E-state index in [2.05, 4.69) is 20.2 Å². The topological polar surface area (TPSA) is 89.8 Å². The van der Waals surface area contributed by atoms with E-state index < -0.39 is 10.0 Å². The first kappa shape index (κ1) is 12.4. The Hall–Kier alpha value is -0.670. The summed E-state index contributed by atoms with van der Waals surface area (Å²) in [5, 5.41) is 11.6. The molecule has 1 N–H and O–H groups in total. The molecule has 0 aliphatic rings. The molecule has 0 saturated heterocycles. The van der Waals surface area contributed by atoms with E-state index in [0.29, 0.717) is 17.3 Å². The third-order valence-electron chi connectivity index (χ3n) is 1.68. The first-order valence-corrected chi connectivity index (χ1v) is 6.95. The van der Waals surface area contributed by atoms with Gasteiger partial charge in [-0.15, -0.1) is 5.10 Å². The van der Waals surface area contributed by atoms with Crippen LogP contribution in [-0.2, 0) is 17.1 Å². The van der Waals surface area contributed by atoms with Crippen molar-refractivity contribution in [1.29, 1.82) is 0 Å². The summed E-state index contributed by atoms with van der Waals surface area (Å²) in [7, 11) is 0.0620. The van der Waals surface area contributed by atoms with E-state index in [9.17, 15) is 8.42 Å². The molecule has 7 nitrogen and oxygen atoms in total. The molecule has 86 valence electrons. The van der Waals surface area contributed by atoms with Crippen molar-refractivity contribution in [3.05, 3.63) is 0 Å². The maximum absolute atomic E-state index is 11.1. The number of aryl methyl sites for hydroxylation is 1. The van der Waals surface area contributed by atoms with Gasteiger partial charge in [0.05, 0.1) is 5.75 Å². The molecule has 0 aliphatic carbocycles. The van der Waals surface area contributed by atoms with Crippen molar-refractivity contribution in [3.63, 3.8) is 0 Å². The van der Waals surface area contributed by atoms with E-state index in [1.807, 2.05) is 0 Å². The molecule has 0 aromatic carbocycles. The highest BCUT2D eigenvalue weighted by Crippen LogP contribution is 2.13. The highest BCUT2D eigenvalue weighted by molar-refractivity contribution is 7.99. The lowest BCUT2D eigenvalue weighted by Gasteiger charge is -2.01. The molecular weight excluding hydrogens is 238 g/mol. The summed E-state index contributed by atoms with van der Waals surface area (Å²) in [6, 6.07) is 0. The van der Waals surface area contributed by atoms with Gasteiger partial charge in [-0.2, -0.15) is 0 Å². The van der Waals surface area contributed by atoms with E-state index in [1.54, 1.807) is 11.7 Å². The molecular formula is C6H13N5O2S2. The molecule has 15 heavy (non-hydrogen) atoms. The zero-order valence-corrected chi connectivity index (χ0v) is 10.2. The summed E-state index contributed by atoms with van der Waals surface area (Å²) < 4.78 is 25.9. The number of tetrazole rings is 1. The maximum atomic E-state index is 11.1. The zero-order chi connectivity index (χ0) is 11.3. The molecule has 0 bridgehead atoms. The quantitative estimate of drug-likeness (QED) is 0.528. The Morgan fingerprint density at radius 3 is 2.80 bits per heavy atom. The fourth-order valence-electron chi connectivity index (χ4n) is 0.858. The fraction of sp³-hybridized carbons (Fsp3) is 0.833. The lowest BCUT2D eigenvalue weighted by atomic mass is 10.6. The summed E-state index contributed by atoms with van der Waals surface area (Å²) in [6.07, 6.45) is 0.570. The SMILES string of the molecule is CNS(=O)(=O)CCCSc1nnnn1C. The van der Waals surface area contributed by atoms with E-state index in [-0.39, 0.29) is 5.75 Å². The third kappa shape index (κ3) is 4.14. The molecule has 9 heteroatoms. The van der Waals surface area contributed by atoms with Crippen molar-refractivity contribution < 1.29 is 8.42 Å². The molecule has 0 atom stereocenters. The number of sulfonamides is 1. The van der Waals surface area contributed by atoms with Gasteiger partial charge in [-0.25, -0.2) is 17.8 Å². The van der Waals surface area contributed by atoms with Gasteiger partial charge in [0.25, 0.3) is 0 Å². The first-order chi connectivity index (χ1) is 7.05. The molecule has 0 spiro atoms. The summed E-state index contributed by atoms with van der Waals surface area (Å²) >= 11 is 1.44. The number of aromatic nitrogens is 4. The molecule has 0 fully saturated rings. The molecule has 1 rings (SSSR count). The molecule has 0 unspecified atom stereocenters. The van der Waals surface area contributed by atoms with Gasteiger partial charge in [-0.3, -0.25) is 0 Å². The Labute approximate surface area is 92.7 Å². The summed E-state index contributed by atoms with van der Waals surface area (Å²) in [5.74, 6) is 0.802. The monoisotopic (exact) mass is 251 g/mol. The molecule has 1 heterocycles. The molecule has 1 aromatic rings. The second-order valence-electron chi connectivity index (χ2n) is 2.81. The van der Waals surface area contributed by atoms with E-state index in [0.717, 1.165) is 0 Å². The van der Waals surface area contributed by atoms with E-state index in [4.69, 9.17) is 0 Å². The van der Waals surface area contributed by atoms with Crippen LogP contribution in [0.4, 0.5) is 0 Å². The second-order valence-corrected chi connectivity index (χ2v) is 5.92. The molecule has 0 aliphatic heterocycles. The zero-order valence-electron chi connectivity index (χ0n) is 8.54. The van der Waals surface area contributed by atoms with Crippen LogP contribution in [0.1, 0.15) is 6.42 Å². The van der Waals surface area contributed by atoms with E-state index in [1.165, 1.54) is 18.8 Å². The van der Waals surface area contributed by atoms with Crippen molar-refractivity contribution in [2.45, 2.75) is 11.6 Å². The fourth-order valence-corrected chi connectivity index (χ4v) is 2.56. The predicted octanol–water partition coefficient (Wildman–Crippen LogP) is -0.758. The second kappa shape index (κ2) is 5.42. The lowest BCUT2D eigenvalue weighted by molar-refractivity contribution is 0.587. The number of thioether (sulfide) groups is 1. The smallest absolute Gasteiger partial charge is 0.211 e. The molecule has 0 saturated carbocycles. The minimum absolute atomic E-state index is 0.127. The number of hydrogen-bond donors (Lipinski definition) is 1. The van der Waals surface area contributed by atoms with Crippen LogP contribution in [0.25, 0.3) is 0 Å². The summed E-state index contributed by atoms with van der Waals surface area (Å²) in [4.78, 5) is 0. The lowest BCUT2D eigenvalue weighted by Crippen LogP contribution is -2.22. The van der Waals surface area contributed by atoms with Crippen LogP contribution in [0.15, 0.2) is 5.16 Å². The highest BCUT2D eigenvalue weighted by Gasteiger charge is 2.07. The summed E-state index contributed by atoms with van der Waals surface area (Å²) in [6.45, 7) is 0. The normalized spacial score (nSPS) is 11.9. The van der Waals surface area contributed by atoms with Gasteiger partial charge < -0.3 is 0 Å². The number of nitrogens with one attached hydrogen (secondary N) is 1. The maximum Gasteiger partial charge on any atom is 0.211 e.